The quantitative estimate of drug-likeness (QED) is 0.580. The molecule has 3 heterocycles. The maximum atomic E-state index is 12.9. The van der Waals surface area contributed by atoms with E-state index in [-0.39, 0.29) is 28.6 Å². The van der Waals surface area contributed by atoms with Crippen molar-refractivity contribution < 1.29 is 22.7 Å². The van der Waals surface area contributed by atoms with E-state index in [1.54, 1.807) is 11.5 Å². The van der Waals surface area contributed by atoms with Gasteiger partial charge in [0.2, 0.25) is 11.7 Å². The number of ether oxygens (including phenoxy) is 1. The number of hydrogen-bond acceptors (Lipinski definition) is 5. The molecule has 1 aliphatic heterocycles. The molecule has 0 bridgehead atoms. The predicted molar refractivity (Wildman–Crippen MR) is 120 cm³/mol. The van der Waals surface area contributed by atoms with Gasteiger partial charge in [-0.15, -0.1) is 5.10 Å². The third-order valence-corrected chi connectivity index (χ3v) is 5.87. The summed E-state index contributed by atoms with van der Waals surface area (Å²) in [7, 11) is 0. The lowest BCUT2D eigenvalue weighted by molar-refractivity contribution is -0.137. The van der Waals surface area contributed by atoms with Gasteiger partial charge in [0.1, 0.15) is 6.54 Å². The second kappa shape index (κ2) is 9.22. The van der Waals surface area contributed by atoms with Crippen molar-refractivity contribution in [1.29, 1.82) is 0 Å². The van der Waals surface area contributed by atoms with Crippen molar-refractivity contribution in [1.82, 2.24) is 19.2 Å². The average Bonchev–Trinajstić information content (AvgIpc) is 3.24. The lowest BCUT2D eigenvalue weighted by atomic mass is 10.1. The number of carbonyl (C=O) groups excluding carboxylic acids is 1. The van der Waals surface area contributed by atoms with Crippen LogP contribution >= 0.6 is 11.6 Å². The topological polar surface area (TPSA) is 90.5 Å². The van der Waals surface area contributed by atoms with Gasteiger partial charge in [0.05, 0.1) is 29.5 Å². The number of anilines is 1. The summed E-state index contributed by atoms with van der Waals surface area (Å²) in [5.74, 6) is 0.0349. The molecule has 0 atom stereocenters. The summed E-state index contributed by atoms with van der Waals surface area (Å²) in [6, 6.07) is 2.69. The van der Waals surface area contributed by atoms with E-state index in [9.17, 15) is 22.8 Å². The Labute approximate surface area is 197 Å². The minimum atomic E-state index is -4.55. The highest BCUT2D eigenvalue weighted by Crippen LogP contribution is 2.33. The van der Waals surface area contributed by atoms with Gasteiger partial charge in [0, 0.05) is 11.3 Å². The van der Waals surface area contributed by atoms with Gasteiger partial charge < -0.3 is 14.6 Å². The van der Waals surface area contributed by atoms with Crippen LogP contribution in [0.1, 0.15) is 36.0 Å². The van der Waals surface area contributed by atoms with E-state index in [2.05, 4.69) is 15.4 Å². The minimum absolute atomic E-state index is 0.0426. The molecule has 1 amide bonds. The van der Waals surface area contributed by atoms with Gasteiger partial charge in [0.15, 0.2) is 5.82 Å². The highest BCUT2D eigenvalue weighted by Gasteiger charge is 2.31. The Kier molecular flexibility index (Phi) is 6.50. The molecule has 4 rings (SSSR count). The third-order valence-electron chi connectivity index (χ3n) is 5.56. The molecule has 0 fully saturated rings. The number of rotatable bonds is 5. The summed E-state index contributed by atoms with van der Waals surface area (Å²) in [6.45, 7) is 4.19. The molecule has 1 N–H and O–H groups in total. The summed E-state index contributed by atoms with van der Waals surface area (Å²) >= 11 is 5.97. The summed E-state index contributed by atoms with van der Waals surface area (Å²) in [4.78, 5) is 30.3. The normalized spacial score (nSPS) is 14.4. The standard InChI is InChI=1S/C22H21ClF3N5O3/c1-3-17-12(2)20(33)31-21(28-19(29-31)13-6-8-34-9-7-13)30(17)11-18(32)27-16-5-4-14(10-15(16)23)22(24,25)26/h4-6,10H,3,7-9,11H2,1-2H3,(H,27,32). The number of nitrogens with zero attached hydrogens (tertiary/aromatic N) is 4. The van der Waals surface area contributed by atoms with Crippen LogP contribution in [0.25, 0.3) is 11.4 Å². The zero-order valence-corrected chi connectivity index (χ0v) is 19.1. The van der Waals surface area contributed by atoms with Crippen LogP contribution in [0.3, 0.4) is 0 Å². The van der Waals surface area contributed by atoms with E-state index >= 15 is 0 Å². The molecule has 1 aromatic carbocycles. The molecule has 8 nitrogen and oxygen atoms in total. The van der Waals surface area contributed by atoms with Crippen LogP contribution in [0, 0.1) is 6.92 Å². The van der Waals surface area contributed by atoms with Crippen molar-refractivity contribution in [3.63, 3.8) is 0 Å². The van der Waals surface area contributed by atoms with Gasteiger partial charge >= 0.3 is 6.18 Å². The Bertz CT molecular complexity index is 1360. The number of aromatic nitrogens is 4. The number of alkyl halides is 3. The van der Waals surface area contributed by atoms with Crippen LogP contribution < -0.4 is 10.9 Å². The fourth-order valence-corrected chi connectivity index (χ4v) is 4.06. The molecular formula is C22H21ClF3N5O3. The molecule has 1 aliphatic rings. The second-order valence-corrected chi connectivity index (χ2v) is 8.17. The molecule has 0 aliphatic carbocycles. The van der Waals surface area contributed by atoms with Crippen LogP contribution in [0.15, 0.2) is 29.1 Å². The molecule has 0 spiro atoms. The number of amides is 1. The Morgan fingerprint density at radius 2 is 2.09 bits per heavy atom. The molecule has 12 heteroatoms. The van der Waals surface area contributed by atoms with E-state index in [1.807, 2.05) is 13.0 Å². The number of halogens is 4. The molecule has 2 aromatic heterocycles. The molecular weight excluding hydrogens is 475 g/mol. The first kappa shape index (κ1) is 24.0. The zero-order valence-electron chi connectivity index (χ0n) is 18.4. The van der Waals surface area contributed by atoms with Crippen molar-refractivity contribution in [3.05, 3.63) is 62.3 Å². The van der Waals surface area contributed by atoms with E-state index < -0.39 is 17.6 Å². The largest absolute Gasteiger partial charge is 0.416 e. The highest BCUT2D eigenvalue weighted by molar-refractivity contribution is 6.33. The van der Waals surface area contributed by atoms with Gasteiger partial charge in [-0.2, -0.15) is 22.7 Å². The van der Waals surface area contributed by atoms with E-state index in [0.717, 1.165) is 23.8 Å². The summed E-state index contributed by atoms with van der Waals surface area (Å²) in [5.41, 5.74) is 0.665. The average molecular weight is 496 g/mol. The molecule has 34 heavy (non-hydrogen) atoms. The van der Waals surface area contributed by atoms with Crippen LogP contribution in [0.5, 0.6) is 0 Å². The van der Waals surface area contributed by atoms with E-state index in [4.69, 9.17) is 16.3 Å². The van der Waals surface area contributed by atoms with Crippen molar-refractivity contribution in [3.8, 4) is 0 Å². The first-order valence-corrected chi connectivity index (χ1v) is 10.9. The Morgan fingerprint density at radius 1 is 1.32 bits per heavy atom. The fraction of sp³-hybridized carbons (Fsp3) is 0.364. The monoisotopic (exact) mass is 495 g/mol. The zero-order chi connectivity index (χ0) is 24.6. The van der Waals surface area contributed by atoms with Crippen LogP contribution in [0.2, 0.25) is 5.02 Å². The smallest absolute Gasteiger partial charge is 0.377 e. The first-order chi connectivity index (χ1) is 16.1. The summed E-state index contributed by atoms with van der Waals surface area (Å²) in [6.07, 6.45) is -1.66. The van der Waals surface area contributed by atoms with Crippen LogP contribution in [-0.2, 0) is 28.7 Å². The number of benzene rings is 1. The van der Waals surface area contributed by atoms with Gasteiger partial charge in [-0.25, -0.2) is 0 Å². The van der Waals surface area contributed by atoms with Gasteiger partial charge in [-0.05, 0) is 43.5 Å². The van der Waals surface area contributed by atoms with Gasteiger partial charge in [0.25, 0.3) is 5.56 Å². The maximum Gasteiger partial charge on any atom is 0.416 e. The third kappa shape index (κ3) is 4.58. The molecule has 180 valence electrons. The Balaban J connectivity index is 1.70. The molecule has 0 unspecified atom stereocenters. The van der Waals surface area contributed by atoms with Gasteiger partial charge in [-0.3, -0.25) is 9.59 Å². The van der Waals surface area contributed by atoms with Gasteiger partial charge in [-0.1, -0.05) is 24.6 Å². The summed E-state index contributed by atoms with van der Waals surface area (Å²) < 4.78 is 46.7. The van der Waals surface area contributed by atoms with Crippen LogP contribution in [0.4, 0.5) is 18.9 Å². The summed E-state index contributed by atoms with van der Waals surface area (Å²) in [5, 5.41) is 6.66. The lowest BCUT2D eigenvalue weighted by Gasteiger charge is -2.16. The number of fused-ring (bicyclic) bond motifs is 1. The van der Waals surface area contributed by atoms with Crippen molar-refractivity contribution in [2.45, 2.75) is 39.4 Å². The fourth-order valence-electron chi connectivity index (χ4n) is 3.83. The minimum Gasteiger partial charge on any atom is -0.377 e. The van der Waals surface area contributed by atoms with Crippen LogP contribution in [-0.4, -0.2) is 38.3 Å². The number of nitrogens with one attached hydrogen (secondary N) is 1. The maximum absolute atomic E-state index is 12.9. The molecule has 3 aromatic rings. The molecule has 0 saturated carbocycles. The SMILES string of the molecule is CCc1c(C)c(=O)n2nc(C3=CCOCC3)nc2n1CC(=O)Nc1ccc(C(F)(F)F)cc1Cl. The first-order valence-electron chi connectivity index (χ1n) is 10.5. The predicted octanol–water partition coefficient (Wildman–Crippen LogP) is 3.88. The highest BCUT2D eigenvalue weighted by atomic mass is 35.5. The van der Waals surface area contributed by atoms with E-state index in [1.165, 1.54) is 4.52 Å². The lowest BCUT2D eigenvalue weighted by Crippen LogP contribution is -2.29. The molecule has 0 saturated heterocycles. The van der Waals surface area contributed by atoms with Crippen molar-refractivity contribution >= 4 is 34.5 Å². The van der Waals surface area contributed by atoms with E-state index in [0.29, 0.717) is 43.1 Å². The Hall–Kier alpha value is -3.18. The Morgan fingerprint density at radius 3 is 2.71 bits per heavy atom. The van der Waals surface area contributed by atoms with Crippen molar-refractivity contribution in [2.24, 2.45) is 0 Å². The number of carbonyl (C=O) groups is 1. The van der Waals surface area contributed by atoms with Crippen molar-refractivity contribution in [2.75, 3.05) is 18.5 Å². The molecule has 0 radical (unpaired) electrons. The number of hydrogen-bond donors (Lipinski definition) is 1. The second-order valence-electron chi connectivity index (χ2n) is 7.76.